The maximum Gasteiger partial charge on any atom is 0.198 e. The van der Waals surface area contributed by atoms with Crippen LogP contribution in [0.5, 0.6) is 0 Å². The average Bonchev–Trinajstić information content (AvgIpc) is 2.56. The van der Waals surface area contributed by atoms with Crippen molar-refractivity contribution in [3.8, 4) is 0 Å². The lowest BCUT2D eigenvalue weighted by molar-refractivity contribution is 0.0606. The molecule has 0 N–H and O–H groups in total. The van der Waals surface area contributed by atoms with Gasteiger partial charge in [-0.05, 0) is 17.7 Å². The van der Waals surface area contributed by atoms with E-state index >= 15 is 0 Å². The Morgan fingerprint density at radius 1 is 1.00 bits per heavy atom. The molecule has 104 valence electrons. The zero-order valence-corrected chi connectivity index (χ0v) is 11.7. The first kappa shape index (κ1) is 13.5. The molecule has 0 radical (unpaired) electrons. The Labute approximate surface area is 123 Å². The second-order valence-corrected chi connectivity index (χ2v) is 4.77. The van der Waals surface area contributed by atoms with Crippen LogP contribution in [0, 0.1) is 0 Å². The van der Waals surface area contributed by atoms with Gasteiger partial charge in [-0.2, -0.15) is 0 Å². The third-order valence-corrected chi connectivity index (χ3v) is 3.47. The zero-order valence-electron chi connectivity index (χ0n) is 11.7. The molecule has 1 unspecified atom stereocenters. The van der Waals surface area contributed by atoms with Crippen molar-refractivity contribution in [2.75, 3.05) is 7.11 Å². The summed E-state index contributed by atoms with van der Waals surface area (Å²) < 4.78 is 5.42. The van der Waals surface area contributed by atoms with E-state index in [0.29, 0.717) is 11.1 Å². The molecule has 3 aromatic rings. The molecule has 0 saturated carbocycles. The molecule has 0 aliphatic rings. The Bertz CT molecular complexity index is 763. The number of methoxy groups -OCH3 is 1. The lowest BCUT2D eigenvalue weighted by Gasteiger charge is -2.15. The quantitative estimate of drug-likeness (QED) is 0.681. The molecule has 1 aromatic heterocycles. The van der Waals surface area contributed by atoms with Crippen LogP contribution in [0.25, 0.3) is 10.9 Å². The summed E-state index contributed by atoms with van der Waals surface area (Å²) in [6, 6.07) is 18.9. The average molecular weight is 277 g/mol. The van der Waals surface area contributed by atoms with Crippen LogP contribution in [0.2, 0.25) is 0 Å². The van der Waals surface area contributed by atoms with Crippen molar-refractivity contribution in [2.24, 2.45) is 0 Å². The van der Waals surface area contributed by atoms with Crippen molar-refractivity contribution >= 4 is 16.7 Å². The number of aromatic nitrogens is 1. The van der Waals surface area contributed by atoms with E-state index in [-0.39, 0.29) is 5.78 Å². The molecule has 0 aliphatic heterocycles. The van der Waals surface area contributed by atoms with Gasteiger partial charge in [0.05, 0.1) is 5.52 Å². The molecule has 0 amide bonds. The van der Waals surface area contributed by atoms with Crippen molar-refractivity contribution in [3.05, 3.63) is 78.0 Å². The van der Waals surface area contributed by atoms with Crippen LogP contribution in [0.4, 0.5) is 0 Å². The molecule has 0 aliphatic carbocycles. The predicted octanol–water partition coefficient (Wildman–Crippen LogP) is 3.81. The summed E-state index contributed by atoms with van der Waals surface area (Å²) in [7, 11) is 1.55. The number of hydrogen-bond donors (Lipinski definition) is 0. The van der Waals surface area contributed by atoms with Gasteiger partial charge in [0.15, 0.2) is 5.78 Å². The summed E-state index contributed by atoms with van der Waals surface area (Å²) in [6.45, 7) is 0. The minimum Gasteiger partial charge on any atom is -0.369 e. The Balaban J connectivity index is 2.07. The van der Waals surface area contributed by atoms with Gasteiger partial charge < -0.3 is 4.74 Å². The van der Waals surface area contributed by atoms with Crippen LogP contribution < -0.4 is 0 Å². The summed E-state index contributed by atoms with van der Waals surface area (Å²) in [5, 5.41) is 0.950. The molecular formula is C18H15NO2. The number of rotatable bonds is 4. The minimum atomic E-state index is -0.612. The maximum absolute atomic E-state index is 12.8. The van der Waals surface area contributed by atoms with E-state index in [1.165, 1.54) is 0 Å². The van der Waals surface area contributed by atoms with E-state index in [1.807, 2.05) is 54.6 Å². The minimum absolute atomic E-state index is 0.0759. The monoisotopic (exact) mass is 277 g/mol. The number of ketones is 1. The molecule has 1 heterocycles. The molecule has 0 spiro atoms. The van der Waals surface area contributed by atoms with Gasteiger partial charge in [0, 0.05) is 24.3 Å². The molecule has 3 rings (SSSR count). The lowest BCUT2D eigenvalue weighted by Crippen LogP contribution is -2.15. The van der Waals surface area contributed by atoms with Gasteiger partial charge in [0.2, 0.25) is 0 Å². The summed E-state index contributed by atoms with van der Waals surface area (Å²) in [5.74, 6) is -0.0759. The summed E-state index contributed by atoms with van der Waals surface area (Å²) >= 11 is 0. The predicted molar refractivity (Wildman–Crippen MR) is 82.3 cm³/mol. The van der Waals surface area contributed by atoms with Gasteiger partial charge in [0.1, 0.15) is 6.10 Å². The number of nitrogens with zero attached hydrogens (tertiary/aromatic N) is 1. The van der Waals surface area contributed by atoms with E-state index in [2.05, 4.69) is 4.98 Å². The topological polar surface area (TPSA) is 39.2 Å². The fraction of sp³-hybridized carbons (Fsp3) is 0.111. The first-order chi connectivity index (χ1) is 10.3. The molecular weight excluding hydrogens is 262 g/mol. The van der Waals surface area contributed by atoms with Gasteiger partial charge in [-0.15, -0.1) is 0 Å². The molecule has 0 saturated heterocycles. The number of Topliss-reactive ketones (excluding diaryl/α,β-unsaturated/α-hetero) is 1. The third-order valence-electron chi connectivity index (χ3n) is 3.47. The van der Waals surface area contributed by atoms with Crippen molar-refractivity contribution in [1.82, 2.24) is 4.98 Å². The first-order valence-corrected chi connectivity index (χ1v) is 6.77. The maximum atomic E-state index is 12.8. The van der Waals surface area contributed by atoms with Crippen molar-refractivity contribution in [2.45, 2.75) is 6.10 Å². The van der Waals surface area contributed by atoms with E-state index in [0.717, 1.165) is 10.9 Å². The smallest absolute Gasteiger partial charge is 0.198 e. The number of ether oxygens (including phenoxy) is 1. The zero-order chi connectivity index (χ0) is 14.7. The Morgan fingerprint density at radius 3 is 2.52 bits per heavy atom. The highest BCUT2D eigenvalue weighted by molar-refractivity contribution is 6.09. The van der Waals surface area contributed by atoms with Crippen LogP contribution in [0.1, 0.15) is 22.0 Å². The SMILES string of the molecule is COC(C(=O)c1cccc2cccnc12)c1ccccc1. The molecule has 3 nitrogen and oxygen atoms in total. The number of carbonyl (C=O) groups is 1. The van der Waals surface area contributed by atoms with Gasteiger partial charge >= 0.3 is 0 Å². The third kappa shape index (κ3) is 2.56. The largest absolute Gasteiger partial charge is 0.369 e. The summed E-state index contributed by atoms with van der Waals surface area (Å²) in [6.07, 6.45) is 1.09. The van der Waals surface area contributed by atoms with Crippen molar-refractivity contribution in [3.63, 3.8) is 0 Å². The molecule has 21 heavy (non-hydrogen) atoms. The summed E-state index contributed by atoms with van der Waals surface area (Å²) in [4.78, 5) is 17.2. The number of para-hydroxylation sites is 1. The van der Waals surface area contributed by atoms with Gasteiger partial charge in [-0.1, -0.05) is 48.5 Å². The molecule has 1 atom stereocenters. The Morgan fingerprint density at radius 2 is 1.76 bits per heavy atom. The number of benzene rings is 2. The van der Waals surface area contributed by atoms with Crippen LogP contribution in [0.3, 0.4) is 0 Å². The molecule has 0 bridgehead atoms. The standard InChI is InChI=1S/C18H15NO2/c1-21-18(14-7-3-2-4-8-14)17(20)15-11-5-9-13-10-6-12-19-16(13)15/h2-12,18H,1H3. The van der Waals surface area contributed by atoms with E-state index in [9.17, 15) is 4.79 Å². The first-order valence-electron chi connectivity index (χ1n) is 6.77. The van der Waals surface area contributed by atoms with E-state index < -0.39 is 6.10 Å². The van der Waals surface area contributed by atoms with E-state index in [1.54, 1.807) is 19.4 Å². The summed E-state index contributed by atoms with van der Waals surface area (Å²) in [5.41, 5.74) is 2.14. The number of hydrogen-bond acceptors (Lipinski definition) is 3. The second kappa shape index (κ2) is 5.85. The van der Waals surface area contributed by atoms with Crippen LogP contribution in [-0.4, -0.2) is 17.9 Å². The highest BCUT2D eigenvalue weighted by Crippen LogP contribution is 2.25. The fourth-order valence-electron chi connectivity index (χ4n) is 2.47. The van der Waals surface area contributed by atoms with Gasteiger partial charge in [-0.25, -0.2) is 0 Å². The fourth-order valence-corrected chi connectivity index (χ4v) is 2.47. The van der Waals surface area contributed by atoms with Crippen molar-refractivity contribution < 1.29 is 9.53 Å². The van der Waals surface area contributed by atoms with Crippen LogP contribution >= 0.6 is 0 Å². The highest BCUT2D eigenvalue weighted by atomic mass is 16.5. The van der Waals surface area contributed by atoms with Crippen LogP contribution in [-0.2, 0) is 4.74 Å². The lowest BCUT2D eigenvalue weighted by atomic mass is 9.98. The molecule has 3 heteroatoms. The van der Waals surface area contributed by atoms with Gasteiger partial charge in [0.25, 0.3) is 0 Å². The highest BCUT2D eigenvalue weighted by Gasteiger charge is 2.23. The van der Waals surface area contributed by atoms with E-state index in [4.69, 9.17) is 4.74 Å². The van der Waals surface area contributed by atoms with Crippen LogP contribution in [0.15, 0.2) is 66.9 Å². The molecule has 0 fully saturated rings. The Hall–Kier alpha value is -2.52. The second-order valence-electron chi connectivity index (χ2n) is 4.77. The number of pyridine rings is 1. The van der Waals surface area contributed by atoms with Crippen molar-refractivity contribution in [1.29, 1.82) is 0 Å². The normalized spacial score (nSPS) is 12.2. The number of fused-ring (bicyclic) bond motifs is 1. The number of carbonyl (C=O) groups excluding carboxylic acids is 1. The molecule has 2 aromatic carbocycles. The van der Waals surface area contributed by atoms with Gasteiger partial charge in [-0.3, -0.25) is 9.78 Å². The Kier molecular flexibility index (Phi) is 3.75.